The summed E-state index contributed by atoms with van der Waals surface area (Å²) in [5.41, 5.74) is 0. The number of hydrogen-bond acceptors (Lipinski definition) is 2. The summed E-state index contributed by atoms with van der Waals surface area (Å²) in [6.45, 7) is 2.57. The lowest BCUT2D eigenvalue weighted by atomic mass is 10.3. The fraction of sp³-hybridized carbons (Fsp3) is 0.778. The molecule has 0 spiro atoms. The van der Waals surface area contributed by atoms with E-state index in [1.807, 2.05) is 0 Å². The first kappa shape index (κ1) is 11.6. The van der Waals surface area contributed by atoms with Crippen LogP contribution in [-0.2, 0) is 0 Å². The van der Waals surface area contributed by atoms with E-state index in [1.54, 1.807) is 19.0 Å². The monoisotopic (exact) mass is 214 g/mol. The van der Waals surface area contributed by atoms with Crippen LogP contribution in [0.4, 0.5) is 9.59 Å². The van der Waals surface area contributed by atoms with Gasteiger partial charge in [0.05, 0.1) is 0 Å². The lowest BCUT2D eigenvalue weighted by Crippen LogP contribution is -2.49. The molecule has 0 unspecified atom stereocenters. The molecule has 0 aromatic carbocycles. The van der Waals surface area contributed by atoms with E-state index < -0.39 is 0 Å². The van der Waals surface area contributed by atoms with E-state index in [0.29, 0.717) is 13.1 Å². The largest absolute Gasteiger partial charge is 0.338 e. The molecule has 4 amide bonds. The summed E-state index contributed by atoms with van der Waals surface area (Å²) in [6.07, 6.45) is 0.966. The molecule has 0 aliphatic carbocycles. The molecule has 0 radical (unpaired) electrons. The van der Waals surface area contributed by atoms with Crippen molar-refractivity contribution in [2.24, 2.45) is 0 Å². The van der Waals surface area contributed by atoms with Crippen molar-refractivity contribution in [2.45, 2.75) is 6.42 Å². The molecular weight excluding hydrogens is 196 g/mol. The molecule has 86 valence electrons. The van der Waals surface area contributed by atoms with Gasteiger partial charge < -0.3 is 20.4 Å². The van der Waals surface area contributed by atoms with Crippen molar-refractivity contribution in [3.8, 4) is 0 Å². The van der Waals surface area contributed by atoms with Crippen molar-refractivity contribution in [1.29, 1.82) is 0 Å². The second kappa shape index (κ2) is 5.43. The highest BCUT2D eigenvalue weighted by Crippen LogP contribution is 1.97. The smallest absolute Gasteiger partial charge is 0.317 e. The van der Waals surface area contributed by atoms with E-state index in [0.717, 1.165) is 19.5 Å². The highest BCUT2D eigenvalue weighted by atomic mass is 16.2. The lowest BCUT2D eigenvalue weighted by molar-refractivity contribution is 0.184. The van der Waals surface area contributed by atoms with E-state index in [1.165, 1.54) is 4.90 Å². The van der Waals surface area contributed by atoms with Crippen molar-refractivity contribution in [3.63, 3.8) is 0 Å². The average Bonchev–Trinajstić information content (AvgIpc) is 2.20. The average molecular weight is 214 g/mol. The van der Waals surface area contributed by atoms with Crippen LogP contribution in [0.25, 0.3) is 0 Å². The zero-order chi connectivity index (χ0) is 11.3. The van der Waals surface area contributed by atoms with Gasteiger partial charge >= 0.3 is 12.1 Å². The van der Waals surface area contributed by atoms with Gasteiger partial charge in [0.2, 0.25) is 0 Å². The molecule has 15 heavy (non-hydrogen) atoms. The number of amides is 4. The number of nitrogens with one attached hydrogen (secondary N) is 2. The molecule has 1 aliphatic heterocycles. The van der Waals surface area contributed by atoms with E-state index in [-0.39, 0.29) is 12.1 Å². The third-order valence-corrected chi connectivity index (χ3v) is 2.23. The van der Waals surface area contributed by atoms with Crippen molar-refractivity contribution >= 4 is 12.1 Å². The number of urea groups is 2. The van der Waals surface area contributed by atoms with Gasteiger partial charge in [-0.15, -0.1) is 0 Å². The van der Waals surface area contributed by atoms with Crippen LogP contribution in [0.3, 0.4) is 0 Å². The van der Waals surface area contributed by atoms with Crippen molar-refractivity contribution in [2.75, 3.05) is 40.3 Å². The Kier molecular flexibility index (Phi) is 4.20. The molecule has 0 aromatic rings. The summed E-state index contributed by atoms with van der Waals surface area (Å²) in [5, 5.41) is 5.47. The molecule has 0 atom stereocenters. The number of hydrogen-bond donors (Lipinski definition) is 2. The summed E-state index contributed by atoms with van der Waals surface area (Å²) >= 11 is 0. The predicted octanol–water partition coefficient (Wildman–Crippen LogP) is -0.327. The normalized spacial score (nSPS) is 15.9. The molecule has 1 saturated heterocycles. The molecule has 1 fully saturated rings. The van der Waals surface area contributed by atoms with Gasteiger partial charge in [-0.05, 0) is 6.42 Å². The summed E-state index contributed by atoms with van der Waals surface area (Å²) in [5.74, 6) is 0. The zero-order valence-electron chi connectivity index (χ0n) is 9.25. The molecular formula is C9H18N4O2. The standard InChI is InChI=1S/C9H18N4O2/c1-12(2)8(14)11-5-7-13-6-3-4-10-9(13)15/h3-7H2,1-2H3,(H,10,15)(H,11,14). The first-order valence-electron chi connectivity index (χ1n) is 5.09. The van der Waals surface area contributed by atoms with Gasteiger partial charge in [0.1, 0.15) is 0 Å². The van der Waals surface area contributed by atoms with Crippen LogP contribution in [0.1, 0.15) is 6.42 Å². The Hall–Kier alpha value is -1.46. The van der Waals surface area contributed by atoms with E-state index >= 15 is 0 Å². The fourth-order valence-electron chi connectivity index (χ4n) is 1.35. The minimum atomic E-state index is -0.132. The Balaban J connectivity index is 2.19. The van der Waals surface area contributed by atoms with Crippen LogP contribution in [0.15, 0.2) is 0 Å². The van der Waals surface area contributed by atoms with E-state index in [9.17, 15) is 9.59 Å². The van der Waals surface area contributed by atoms with Crippen LogP contribution in [-0.4, -0.2) is 62.1 Å². The predicted molar refractivity (Wildman–Crippen MR) is 56.7 cm³/mol. The molecule has 0 bridgehead atoms. The highest BCUT2D eigenvalue weighted by molar-refractivity contribution is 5.75. The Bertz CT molecular complexity index is 242. The fourth-order valence-corrected chi connectivity index (χ4v) is 1.35. The molecule has 1 rings (SSSR count). The number of nitrogens with zero attached hydrogens (tertiary/aromatic N) is 2. The Labute approximate surface area is 89.6 Å². The molecule has 6 nitrogen and oxygen atoms in total. The highest BCUT2D eigenvalue weighted by Gasteiger charge is 2.16. The lowest BCUT2D eigenvalue weighted by Gasteiger charge is -2.27. The molecule has 0 saturated carbocycles. The van der Waals surface area contributed by atoms with Gasteiger partial charge in [0.15, 0.2) is 0 Å². The maximum atomic E-state index is 11.3. The Morgan fingerprint density at radius 3 is 2.93 bits per heavy atom. The van der Waals surface area contributed by atoms with Gasteiger partial charge in [-0.1, -0.05) is 0 Å². The van der Waals surface area contributed by atoms with Crippen LogP contribution in [0, 0.1) is 0 Å². The van der Waals surface area contributed by atoms with Gasteiger partial charge in [-0.3, -0.25) is 0 Å². The van der Waals surface area contributed by atoms with Crippen molar-refractivity contribution in [1.82, 2.24) is 20.4 Å². The summed E-state index contributed by atoms with van der Waals surface area (Å²) in [7, 11) is 3.37. The summed E-state index contributed by atoms with van der Waals surface area (Å²) in [6, 6.07) is -0.173. The van der Waals surface area contributed by atoms with Gasteiger partial charge in [0.25, 0.3) is 0 Å². The van der Waals surface area contributed by atoms with Gasteiger partial charge in [-0.25, -0.2) is 9.59 Å². The Morgan fingerprint density at radius 2 is 2.33 bits per heavy atom. The second-order valence-corrected chi connectivity index (χ2v) is 3.70. The first-order valence-corrected chi connectivity index (χ1v) is 5.09. The minimum absolute atomic E-state index is 0.0413. The van der Waals surface area contributed by atoms with Crippen molar-refractivity contribution in [3.05, 3.63) is 0 Å². The van der Waals surface area contributed by atoms with Gasteiger partial charge in [0, 0.05) is 40.3 Å². The van der Waals surface area contributed by atoms with E-state index in [2.05, 4.69) is 10.6 Å². The second-order valence-electron chi connectivity index (χ2n) is 3.70. The quantitative estimate of drug-likeness (QED) is 0.676. The van der Waals surface area contributed by atoms with E-state index in [4.69, 9.17) is 0 Å². The Morgan fingerprint density at radius 1 is 1.60 bits per heavy atom. The molecule has 1 heterocycles. The zero-order valence-corrected chi connectivity index (χ0v) is 9.25. The maximum Gasteiger partial charge on any atom is 0.317 e. The molecule has 0 aromatic heterocycles. The van der Waals surface area contributed by atoms with Crippen LogP contribution < -0.4 is 10.6 Å². The number of carbonyl (C=O) groups excluding carboxylic acids is 2. The SMILES string of the molecule is CN(C)C(=O)NCCN1CCCNC1=O. The van der Waals surface area contributed by atoms with Crippen LogP contribution in [0.2, 0.25) is 0 Å². The summed E-state index contributed by atoms with van der Waals surface area (Å²) in [4.78, 5) is 25.6. The number of rotatable bonds is 3. The topological polar surface area (TPSA) is 64.7 Å². The van der Waals surface area contributed by atoms with Gasteiger partial charge in [-0.2, -0.15) is 0 Å². The molecule has 6 heteroatoms. The third-order valence-electron chi connectivity index (χ3n) is 2.23. The summed E-state index contributed by atoms with van der Waals surface area (Å²) < 4.78 is 0. The third kappa shape index (κ3) is 3.65. The van der Waals surface area contributed by atoms with Crippen molar-refractivity contribution < 1.29 is 9.59 Å². The minimum Gasteiger partial charge on any atom is -0.338 e. The van der Waals surface area contributed by atoms with Crippen LogP contribution in [0.5, 0.6) is 0 Å². The molecule has 2 N–H and O–H groups in total. The first-order chi connectivity index (χ1) is 7.11. The number of carbonyl (C=O) groups is 2. The van der Waals surface area contributed by atoms with Crippen LogP contribution >= 0.6 is 0 Å². The molecule has 1 aliphatic rings. The maximum absolute atomic E-state index is 11.3.